The maximum absolute atomic E-state index is 10.6. The minimum absolute atomic E-state index is 0.514. The van der Waals surface area contributed by atoms with Crippen LogP contribution in [0.5, 0.6) is 16.7 Å². The molecule has 2 aromatic rings. The summed E-state index contributed by atoms with van der Waals surface area (Å²) in [4.78, 5) is 14.6. The first-order valence-corrected chi connectivity index (χ1v) is 5.42. The molecule has 5 heteroatoms. The Bertz CT molecular complexity index is 482. The van der Waals surface area contributed by atoms with Crippen LogP contribution in [0.2, 0.25) is 0 Å². The van der Waals surface area contributed by atoms with Gasteiger partial charge in [-0.25, -0.2) is 4.98 Å². The quantitative estimate of drug-likeness (QED) is 0.764. The minimum Gasteiger partial charge on any atom is -0.493 e. The van der Waals surface area contributed by atoms with Crippen LogP contribution in [0.3, 0.4) is 0 Å². The first kappa shape index (κ1) is 10.6. The summed E-state index contributed by atoms with van der Waals surface area (Å²) >= 11 is 1.39. The van der Waals surface area contributed by atoms with Crippen molar-refractivity contribution in [3.05, 3.63) is 35.3 Å². The number of aromatic nitrogens is 1. The molecule has 0 saturated heterocycles. The zero-order valence-corrected chi connectivity index (χ0v) is 9.36. The molecule has 0 aliphatic carbocycles. The number of aldehydes is 1. The number of carbonyl (C=O) groups is 1. The van der Waals surface area contributed by atoms with Crippen molar-refractivity contribution in [2.24, 2.45) is 0 Å². The molecule has 1 aromatic carbocycles. The van der Waals surface area contributed by atoms with Crippen LogP contribution >= 0.6 is 11.3 Å². The zero-order chi connectivity index (χ0) is 11.4. The highest BCUT2D eigenvalue weighted by molar-refractivity contribution is 7.11. The number of ether oxygens (including phenoxy) is 2. The highest BCUT2D eigenvalue weighted by atomic mass is 32.1. The Morgan fingerprint density at radius 3 is 2.88 bits per heavy atom. The third kappa shape index (κ3) is 2.20. The Morgan fingerprint density at radius 2 is 2.25 bits per heavy atom. The van der Waals surface area contributed by atoms with Crippen LogP contribution < -0.4 is 9.47 Å². The lowest BCUT2D eigenvalue weighted by Gasteiger charge is -2.07. The standard InChI is InChI=1S/C11H9NO3S/c1-14-10-6-8(7-13)2-3-9(10)15-11-12-4-5-16-11/h2-7H,1H3. The number of hydrogen-bond acceptors (Lipinski definition) is 5. The van der Waals surface area contributed by atoms with Gasteiger partial charge in [0.2, 0.25) is 0 Å². The summed E-state index contributed by atoms with van der Waals surface area (Å²) in [6.45, 7) is 0. The van der Waals surface area contributed by atoms with Crippen molar-refractivity contribution >= 4 is 17.6 Å². The second-order valence-corrected chi connectivity index (χ2v) is 3.79. The van der Waals surface area contributed by atoms with Crippen molar-refractivity contribution in [3.63, 3.8) is 0 Å². The van der Waals surface area contributed by atoms with E-state index in [1.165, 1.54) is 18.4 Å². The first-order chi connectivity index (χ1) is 7.83. The second kappa shape index (κ2) is 4.76. The molecular formula is C11H9NO3S. The fraction of sp³-hybridized carbons (Fsp3) is 0.0909. The van der Waals surface area contributed by atoms with Gasteiger partial charge in [0.1, 0.15) is 6.29 Å². The highest BCUT2D eigenvalue weighted by Gasteiger charge is 2.07. The number of carbonyl (C=O) groups excluding carboxylic acids is 1. The smallest absolute Gasteiger partial charge is 0.278 e. The first-order valence-electron chi connectivity index (χ1n) is 4.54. The molecule has 0 bridgehead atoms. The molecule has 0 aliphatic heterocycles. The van der Waals surface area contributed by atoms with Gasteiger partial charge in [0.25, 0.3) is 5.19 Å². The van der Waals surface area contributed by atoms with E-state index < -0.39 is 0 Å². The summed E-state index contributed by atoms with van der Waals surface area (Å²) in [6, 6.07) is 4.97. The summed E-state index contributed by atoms with van der Waals surface area (Å²) in [6.07, 6.45) is 2.42. The van der Waals surface area contributed by atoms with E-state index in [9.17, 15) is 4.79 Å². The predicted molar refractivity (Wildman–Crippen MR) is 60.6 cm³/mol. The van der Waals surface area contributed by atoms with Crippen LogP contribution in [0.25, 0.3) is 0 Å². The van der Waals surface area contributed by atoms with Gasteiger partial charge in [-0.3, -0.25) is 4.79 Å². The highest BCUT2D eigenvalue weighted by Crippen LogP contribution is 2.32. The largest absolute Gasteiger partial charge is 0.493 e. The number of rotatable bonds is 4. The van der Waals surface area contributed by atoms with E-state index in [-0.39, 0.29) is 0 Å². The van der Waals surface area contributed by atoms with Crippen LogP contribution in [-0.2, 0) is 0 Å². The van der Waals surface area contributed by atoms with Crippen LogP contribution in [-0.4, -0.2) is 18.4 Å². The van der Waals surface area contributed by atoms with Crippen molar-refractivity contribution < 1.29 is 14.3 Å². The lowest BCUT2D eigenvalue weighted by atomic mass is 10.2. The van der Waals surface area contributed by atoms with E-state index in [1.807, 2.05) is 5.38 Å². The molecule has 0 amide bonds. The Kier molecular flexibility index (Phi) is 3.16. The maximum atomic E-state index is 10.6. The third-order valence-corrected chi connectivity index (χ3v) is 2.58. The monoisotopic (exact) mass is 235 g/mol. The maximum Gasteiger partial charge on any atom is 0.278 e. The molecule has 0 atom stereocenters. The van der Waals surface area contributed by atoms with Gasteiger partial charge in [0, 0.05) is 17.1 Å². The molecule has 1 aromatic heterocycles. The van der Waals surface area contributed by atoms with Gasteiger partial charge in [0.15, 0.2) is 11.5 Å². The molecular weight excluding hydrogens is 226 g/mol. The van der Waals surface area contributed by atoms with Gasteiger partial charge >= 0.3 is 0 Å². The van der Waals surface area contributed by atoms with Crippen molar-refractivity contribution in [3.8, 4) is 16.7 Å². The lowest BCUT2D eigenvalue weighted by molar-refractivity contribution is 0.112. The summed E-state index contributed by atoms with van der Waals surface area (Å²) in [5.41, 5.74) is 0.545. The summed E-state index contributed by atoms with van der Waals surface area (Å²) < 4.78 is 10.6. The fourth-order valence-electron chi connectivity index (χ4n) is 1.20. The van der Waals surface area contributed by atoms with Gasteiger partial charge in [-0.15, -0.1) is 0 Å². The van der Waals surface area contributed by atoms with Gasteiger partial charge in [-0.05, 0) is 18.2 Å². The molecule has 4 nitrogen and oxygen atoms in total. The van der Waals surface area contributed by atoms with E-state index in [0.717, 1.165) is 6.29 Å². The molecule has 0 unspecified atom stereocenters. The predicted octanol–water partition coefficient (Wildman–Crippen LogP) is 2.76. The van der Waals surface area contributed by atoms with Crippen molar-refractivity contribution in [1.82, 2.24) is 4.98 Å². The average Bonchev–Trinajstić information content (AvgIpc) is 2.82. The zero-order valence-electron chi connectivity index (χ0n) is 8.54. The molecule has 0 spiro atoms. The number of hydrogen-bond donors (Lipinski definition) is 0. The molecule has 0 fully saturated rings. The van der Waals surface area contributed by atoms with Gasteiger partial charge in [-0.2, -0.15) is 0 Å². The van der Waals surface area contributed by atoms with Crippen LogP contribution in [0, 0.1) is 0 Å². The minimum atomic E-state index is 0.514. The molecule has 16 heavy (non-hydrogen) atoms. The van der Waals surface area contributed by atoms with E-state index in [2.05, 4.69) is 4.98 Å². The third-order valence-electron chi connectivity index (χ3n) is 1.93. The van der Waals surface area contributed by atoms with Crippen LogP contribution in [0.15, 0.2) is 29.8 Å². The van der Waals surface area contributed by atoms with E-state index >= 15 is 0 Å². The Balaban J connectivity index is 2.30. The SMILES string of the molecule is COc1cc(C=O)ccc1Oc1nccs1. The molecule has 82 valence electrons. The van der Waals surface area contributed by atoms with E-state index in [4.69, 9.17) is 9.47 Å². The van der Waals surface area contributed by atoms with Crippen LogP contribution in [0.1, 0.15) is 10.4 Å². The molecule has 0 saturated carbocycles. The Labute approximate surface area is 96.5 Å². The van der Waals surface area contributed by atoms with Gasteiger partial charge < -0.3 is 9.47 Å². The van der Waals surface area contributed by atoms with Gasteiger partial charge in [0.05, 0.1) is 7.11 Å². The molecule has 0 aliphatic rings. The van der Waals surface area contributed by atoms with Crippen molar-refractivity contribution in [2.45, 2.75) is 0 Å². The summed E-state index contributed by atoms with van der Waals surface area (Å²) in [5, 5.41) is 2.36. The average molecular weight is 235 g/mol. The topological polar surface area (TPSA) is 48.4 Å². The Morgan fingerprint density at radius 1 is 1.38 bits per heavy atom. The molecule has 0 radical (unpaired) electrons. The fourth-order valence-corrected chi connectivity index (χ4v) is 1.69. The number of thiazole rings is 1. The molecule has 0 N–H and O–H groups in total. The number of benzene rings is 1. The summed E-state index contributed by atoms with van der Waals surface area (Å²) in [5.74, 6) is 1.06. The van der Waals surface area contributed by atoms with E-state index in [1.54, 1.807) is 24.4 Å². The lowest BCUT2D eigenvalue weighted by Crippen LogP contribution is -1.91. The number of nitrogens with zero attached hydrogens (tertiary/aromatic N) is 1. The normalized spacial score (nSPS) is 9.81. The van der Waals surface area contributed by atoms with E-state index in [0.29, 0.717) is 22.3 Å². The molecule has 2 rings (SSSR count). The van der Waals surface area contributed by atoms with Crippen molar-refractivity contribution in [1.29, 1.82) is 0 Å². The van der Waals surface area contributed by atoms with Gasteiger partial charge in [-0.1, -0.05) is 11.3 Å². The molecule has 1 heterocycles. The number of methoxy groups -OCH3 is 1. The Hall–Kier alpha value is -1.88. The summed E-state index contributed by atoms with van der Waals surface area (Å²) in [7, 11) is 1.53. The second-order valence-electron chi connectivity index (χ2n) is 2.93. The van der Waals surface area contributed by atoms with Crippen LogP contribution in [0.4, 0.5) is 0 Å². The van der Waals surface area contributed by atoms with Crippen molar-refractivity contribution in [2.75, 3.05) is 7.11 Å².